The van der Waals surface area contributed by atoms with Crippen molar-refractivity contribution in [3.8, 4) is 11.1 Å². The molecule has 0 aliphatic rings. The van der Waals surface area contributed by atoms with Crippen LogP contribution in [0.5, 0.6) is 0 Å². The zero-order valence-electron chi connectivity index (χ0n) is 8.81. The van der Waals surface area contributed by atoms with E-state index in [2.05, 4.69) is 32.0 Å². The molecule has 2 aromatic rings. The van der Waals surface area contributed by atoms with Gasteiger partial charge in [0.25, 0.3) is 0 Å². The maximum Gasteiger partial charge on any atom is 0.0487 e. The molecule has 16 heavy (non-hydrogen) atoms. The average molecular weight is 252 g/mol. The molecule has 0 heterocycles. The van der Waals surface area contributed by atoms with Crippen molar-refractivity contribution in [2.24, 2.45) is 0 Å². The van der Waals surface area contributed by atoms with E-state index in [0.717, 1.165) is 16.1 Å². The van der Waals surface area contributed by atoms with Crippen molar-refractivity contribution in [2.45, 2.75) is 6.92 Å². The summed E-state index contributed by atoms with van der Waals surface area (Å²) in [6, 6.07) is 16.8. The Bertz CT molecular complexity index is 423. The highest BCUT2D eigenvalue weighted by molar-refractivity contribution is 7.74. The Morgan fingerprint density at radius 1 is 1.12 bits per heavy atom. The van der Waals surface area contributed by atoms with Gasteiger partial charge in [-0.1, -0.05) is 48.0 Å². The number of aryl methyl sites for hydroxylation is 1. The lowest BCUT2D eigenvalue weighted by Gasteiger charge is -2.07. The summed E-state index contributed by atoms with van der Waals surface area (Å²) in [6.07, 6.45) is 0. The van der Waals surface area contributed by atoms with Gasteiger partial charge in [0.2, 0.25) is 0 Å². The maximum absolute atomic E-state index is 6.69. The van der Waals surface area contributed by atoms with E-state index in [1.54, 1.807) is 0 Å². The molecule has 0 saturated carbocycles. The predicted octanol–water partition coefficient (Wildman–Crippen LogP) is 4.50. The molecule has 0 aliphatic heterocycles. The minimum atomic E-state index is 0.802. The molecule has 0 atom stereocenters. The van der Waals surface area contributed by atoms with Crippen LogP contribution in [0, 0.1) is 13.0 Å². The van der Waals surface area contributed by atoms with Crippen LogP contribution in [0.3, 0.4) is 0 Å². The second-order valence-electron chi connectivity index (χ2n) is 3.22. The van der Waals surface area contributed by atoms with Crippen LogP contribution < -0.4 is 0 Å². The number of hydrogen-bond acceptors (Lipinski definition) is 2. The number of rotatable bonds is 1. The van der Waals surface area contributed by atoms with Gasteiger partial charge in [-0.05, 0) is 43.1 Å². The number of halogens is 1. The highest BCUT2D eigenvalue weighted by Crippen LogP contribution is 2.30. The molecule has 0 spiro atoms. The maximum atomic E-state index is 6.69. The van der Waals surface area contributed by atoms with Crippen LogP contribution in [0.2, 0.25) is 5.02 Å². The van der Waals surface area contributed by atoms with Gasteiger partial charge in [0, 0.05) is 10.6 Å². The predicted molar refractivity (Wildman–Crippen MR) is 72.1 cm³/mol. The molecule has 0 unspecified atom stereocenters. The van der Waals surface area contributed by atoms with Crippen molar-refractivity contribution < 1.29 is 4.55 Å². The van der Waals surface area contributed by atoms with Crippen molar-refractivity contribution in [2.75, 3.05) is 0 Å². The van der Waals surface area contributed by atoms with Crippen LogP contribution in [-0.4, -0.2) is 4.55 Å². The van der Waals surface area contributed by atoms with Crippen molar-refractivity contribution in [1.29, 1.82) is 0 Å². The third kappa shape index (κ3) is 3.01. The van der Waals surface area contributed by atoms with Crippen LogP contribution in [0.1, 0.15) is 5.56 Å². The fraction of sp³-hybridized carbons (Fsp3) is 0.0769. The summed E-state index contributed by atoms with van der Waals surface area (Å²) in [7, 11) is 0. The second-order valence-corrected chi connectivity index (χ2v) is 3.63. The molecule has 3 heteroatoms. The molecule has 0 aromatic heterocycles. The minimum Gasteiger partial charge on any atom is -0.333 e. The molecule has 2 rings (SSSR count). The normalized spacial score (nSPS) is 9.25. The molecule has 0 aliphatic carbocycles. The lowest BCUT2D eigenvalue weighted by molar-refractivity contribution is 0.679. The molecule has 0 bridgehead atoms. The zero-order chi connectivity index (χ0) is 12.0. The van der Waals surface area contributed by atoms with Gasteiger partial charge in [0.05, 0.1) is 0 Å². The number of hydrogen-bond donors (Lipinski definition) is 2. The third-order valence-electron chi connectivity index (χ3n) is 2.23. The summed E-state index contributed by atoms with van der Waals surface area (Å²) in [5, 5.41) is 0.802. The van der Waals surface area contributed by atoms with E-state index in [1.165, 1.54) is 5.56 Å². The molecular weight excluding hydrogens is 240 g/mol. The number of thiol groups is 1. The van der Waals surface area contributed by atoms with E-state index in [-0.39, 0.29) is 0 Å². The van der Waals surface area contributed by atoms with Crippen molar-refractivity contribution >= 4 is 24.5 Å². The van der Waals surface area contributed by atoms with Crippen molar-refractivity contribution in [3.05, 3.63) is 59.1 Å². The van der Waals surface area contributed by atoms with Gasteiger partial charge in [-0.15, -0.1) is 0 Å². The minimum absolute atomic E-state index is 0.802. The fourth-order valence-corrected chi connectivity index (χ4v) is 1.88. The Labute approximate surface area is 106 Å². The van der Waals surface area contributed by atoms with Crippen LogP contribution in [0.25, 0.3) is 11.1 Å². The largest absolute Gasteiger partial charge is 0.333 e. The first-order chi connectivity index (χ1) is 7.79. The van der Waals surface area contributed by atoms with E-state index in [9.17, 15) is 0 Å². The Morgan fingerprint density at radius 2 is 1.75 bits per heavy atom. The molecule has 0 fully saturated rings. The van der Waals surface area contributed by atoms with Gasteiger partial charge in [0.1, 0.15) is 0 Å². The smallest absolute Gasteiger partial charge is 0.0487 e. The highest BCUT2D eigenvalue weighted by Gasteiger charge is 2.04. The molecule has 0 saturated heterocycles. The van der Waals surface area contributed by atoms with E-state index in [4.69, 9.17) is 16.2 Å². The van der Waals surface area contributed by atoms with E-state index in [0.29, 0.717) is 0 Å². The van der Waals surface area contributed by atoms with Gasteiger partial charge < -0.3 is 4.55 Å². The lowest BCUT2D eigenvalue weighted by Crippen LogP contribution is -1.83. The molecule has 1 nitrogen and oxygen atoms in total. The van der Waals surface area contributed by atoms with Gasteiger partial charge in [0.15, 0.2) is 0 Å². The molecule has 1 N–H and O–H groups in total. The molecule has 1 radical (unpaired) electrons. The molecular formula is C13H12ClOS. The SMILES string of the molecule is Cc1cccc(Cl)c1-c1cc[c]cc1.OS. The molecule has 0 amide bonds. The third-order valence-corrected chi connectivity index (χ3v) is 2.54. The standard InChI is InChI=1S/C13H10Cl.H2OS/c1-10-6-5-9-12(14)13(10)11-7-3-2-4-8-11;1-2/h3-9H,1H3;1-2H. The quantitative estimate of drug-likeness (QED) is 0.565. The van der Waals surface area contributed by atoms with Crippen LogP contribution in [0.15, 0.2) is 42.5 Å². The van der Waals surface area contributed by atoms with E-state index >= 15 is 0 Å². The first kappa shape index (κ1) is 13.1. The monoisotopic (exact) mass is 251 g/mol. The highest BCUT2D eigenvalue weighted by atomic mass is 35.5. The van der Waals surface area contributed by atoms with E-state index < -0.39 is 0 Å². The summed E-state index contributed by atoms with van der Waals surface area (Å²) >= 11 is 8.68. The van der Waals surface area contributed by atoms with Crippen molar-refractivity contribution in [3.63, 3.8) is 0 Å². The summed E-state index contributed by atoms with van der Waals surface area (Å²) in [4.78, 5) is 0. The Balaban J connectivity index is 0.000000606. The summed E-state index contributed by atoms with van der Waals surface area (Å²) in [5.41, 5.74) is 3.46. The summed E-state index contributed by atoms with van der Waals surface area (Å²) in [5.74, 6) is 0. The first-order valence-electron chi connectivity index (χ1n) is 4.70. The Morgan fingerprint density at radius 3 is 2.31 bits per heavy atom. The summed E-state index contributed by atoms with van der Waals surface area (Å²) < 4.78 is 6.69. The number of benzene rings is 2. The van der Waals surface area contributed by atoms with Gasteiger partial charge >= 0.3 is 0 Å². The van der Waals surface area contributed by atoms with E-state index in [1.807, 2.05) is 36.4 Å². The zero-order valence-corrected chi connectivity index (χ0v) is 10.5. The molecule has 83 valence electrons. The van der Waals surface area contributed by atoms with Crippen LogP contribution in [0.4, 0.5) is 0 Å². The second kappa shape index (κ2) is 6.59. The first-order valence-corrected chi connectivity index (χ1v) is 5.48. The Kier molecular flexibility index (Phi) is 5.39. The summed E-state index contributed by atoms with van der Waals surface area (Å²) in [6.45, 7) is 2.07. The lowest BCUT2D eigenvalue weighted by atomic mass is 10.0. The van der Waals surface area contributed by atoms with Gasteiger partial charge in [-0.25, -0.2) is 0 Å². The average Bonchev–Trinajstić information content (AvgIpc) is 2.33. The Hall–Kier alpha value is -0.960. The van der Waals surface area contributed by atoms with Gasteiger partial charge in [-0.3, -0.25) is 0 Å². The topological polar surface area (TPSA) is 20.2 Å². The fourth-order valence-electron chi connectivity index (χ4n) is 1.55. The van der Waals surface area contributed by atoms with Crippen molar-refractivity contribution in [1.82, 2.24) is 0 Å². The molecule has 2 aromatic carbocycles. The van der Waals surface area contributed by atoms with Gasteiger partial charge in [-0.2, -0.15) is 0 Å². The van der Waals surface area contributed by atoms with Crippen LogP contribution in [-0.2, 0) is 0 Å². The van der Waals surface area contributed by atoms with Crippen LogP contribution >= 0.6 is 24.5 Å².